The number of rotatable bonds is 13. The van der Waals surface area contributed by atoms with Gasteiger partial charge in [-0.25, -0.2) is 4.79 Å². The number of hydrogen-bond acceptors (Lipinski definition) is 7. The Morgan fingerprint density at radius 2 is 1.37 bits per heavy atom. The second-order valence-corrected chi connectivity index (χ2v) is 8.06. The van der Waals surface area contributed by atoms with Crippen LogP contribution < -0.4 is 21.3 Å². The third-order valence-corrected chi connectivity index (χ3v) is 5.30. The van der Waals surface area contributed by atoms with Crippen LogP contribution in [0.15, 0.2) is 30.3 Å². The van der Waals surface area contributed by atoms with E-state index in [1.54, 1.807) is 30.3 Å². The highest BCUT2D eigenvalue weighted by atomic mass is 16.4. The van der Waals surface area contributed by atoms with Crippen LogP contribution in [-0.2, 0) is 35.2 Å². The number of amides is 3. The molecule has 4 unspecified atom stereocenters. The van der Waals surface area contributed by atoms with Gasteiger partial charge in [-0.05, 0) is 24.9 Å². The fraction of sp³-hybridized carbons (Fsp3) is 0.455. The van der Waals surface area contributed by atoms with Gasteiger partial charge in [-0.2, -0.15) is 0 Å². The molecule has 13 nitrogen and oxygen atoms in total. The van der Waals surface area contributed by atoms with E-state index in [0.29, 0.717) is 18.5 Å². The molecule has 0 aliphatic carbocycles. The Labute approximate surface area is 200 Å². The average molecular weight is 492 g/mol. The molecule has 190 valence electrons. The minimum absolute atomic E-state index is 0.0955. The summed E-state index contributed by atoms with van der Waals surface area (Å²) in [6.45, 7) is 0.586. The van der Waals surface area contributed by atoms with Crippen molar-refractivity contribution >= 4 is 35.6 Å². The molecule has 1 saturated heterocycles. The van der Waals surface area contributed by atoms with Gasteiger partial charge in [0, 0.05) is 6.42 Å². The van der Waals surface area contributed by atoms with E-state index < -0.39 is 72.6 Å². The first-order valence-electron chi connectivity index (χ1n) is 10.9. The third-order valence-electron chi connectivity index (χ3n) is 5.30. The van der Waals surface area contributed by atoms with Crippen LogP contribution in [0.5, 0.6) is 0 Å². The summed E-state index contributed by atoms with van der Waals surface area (Å²) in [5.41, 5.74) is 0.601. The molecular formula is C22H28N4O9. The maximum atomic E-state index is 12.7. The molecule has 1 aromatic carbocycles. The van der Waals surface area contributed by atoms with Gasteiger partial charge in [-0.3, -0.25) is 24.0 Å². The van der Waals surface area contributed by atoms with Crippen LogP contribution in [0, 0.1) is 0 Å². The summed E-state index contributed by atoms with van der Waals surface area (Å²) in [6.07, 6.45) is -0.579. The van der Waals surface area contributed by atoms with Gasteiger partial charge in [0.1, 0.15) is 18.1 Å². The van der Waals surface area contributed by atoms with Gasteiger partial charge in [0.05, 0.1) is 18.9 Å². The van der Waals surface area contributed by atoms with Gasteiger partial charge in [-0.1, -0.05) is 30.3 Å². The van der Waals surface area contributed by atoms with Gasteiger partial charge >= 0.3 is 17.9 Å². The molecule has 0 aromatic heterocycles. The minimum Gasteiger partial charge on any atom is -0.481 e. The Bertz CT molecular complexity index is 948. The molecular weight excluding hydrogens is 464 g/mol. The predicted molar refractivity (Wildman–Crippen MR) is 119 cm³/mol. The number of aliphatic carboxylic acids is 3. The molecule has 35 heavy (non-hydrogen) atoms. The van der Waals surface area contributed by atoms with E-state index in [-0.39, 0.29) is 6.42 Å². The fourth-order valence-electron chi connectivity index (χ4n) is 3.54. The largest absolute Gasteiger partial charge is 0.481 e. The van der Waals surface area contributed by atoms with Gasteiger partial charge in [-0.15, -0.1) is 0 Å². The lowest BCUT2D eigenvalue weighted by atomic mass is 10.0. The van der Waals surface area contributed by atoms with Gasteiger partial charge < -0.3 is 36.6 Å². The number of nitrogens with one attached hydrogen (secondary N) is 4. The first-order valence-corrected chi connectivity index (χ1v) is 10.9. The molecule has 13 heteroatoms. The van der Waals surface area contributed by atoms with Crippen LogP contribution in [0.3, 0.4) is 0 Å². The highest BCUT2D eigenvalue weighted by Crippen LogP contribution is 2.07. The average Bonchev–Trinajstić information content (AvgIpc) is 3.33. The van der Waals surface area contributed by atoms with E-state index in [1.807, 2.05) is 0 Å². The van der Waals surface area contributed by atoms with Gasteiger partial charge in [0.15, 0.2) is 0 Å². The van der Waals surface area contributed by atoms with Crippen molar-refractivity contribution in [3.8, 4) is 0 Å². The monoisotopic (exact) mass is 492 g/mol. The molecule has 1 heterocycles. The van der Waals surface area contributed by atoms with Crippen molar-refractivity contribution in [3.05, 3.63) is 35.9 Å². The Kier molecular flexibility index (Phi) is 10.1. The molecule has 1 aliphatic rings. The second-order valence-electron chi connectivity index (χ2n) is 8.06. The van der Waals surface area contributed by atoms with Crippen LogP contribution in [0.2, 0.25) is 0 Å². The van der Waals surface area contributed by atoms with Crippen molar-refractivity contribution in [1.82, 2.24) is 21.3 Å². The summed E-state index contributed by atoms with van der Waals surface area (Å²) in [7, 11) is 0. The van der Waals surface area contributed by atoms with Crippen LogP contribution in [0.25, 0.3) is 0 Å². The van der Waals surface area contributed by atoms with Crippen LogP contribution >= 0.6 is 0 Å². The first kappa shape index (κ1) is 27.2. The number of carbonyl (C=O) groups excluding carboxylic acids is 3. The van der Waals surface area contributed by atoms with Crippen LogP contribution in [-0.4, -0.2) is 81.7 Å². The first-order chi connectivity index (χ1) is 16.6. The van der Waals surface area contributed by atoms with E-state index >= 15 is 0 Å². The summed E-state index contributed by atoms with van der Waals surface area (Å²) in [4.78, 5) is 72.0. The molecule has 0 radical (unpaired) electrons. The quantitative estimate of drug-likeness (QED) is 0.169. The summed E-state index contributed by atoms with van der Waals surface area (Å²) in [5, 5.41) is 37.4. The van der Waals surface area contributed by atoms with E-state index in [4.69, 9.17) is 5.11 Å². The van der Waals surface area contributed by atoms with Crippen molar-refractivity contribution in [2.75, 3.05) is 6.54 Å². The van der Waals surface area contributed by atoms with Crippen molar-refractivity contribution < 1.29 is 44.1 Å². The number of carbonyl (C=O) groups is 6. The molecule has 0 spiro atoms. The maximum absolute atomic E-state index is 12.7. The molecule has 2 rings (SSSR count). The zero-order valence-corrected chi connectivity index (χ0v) is 18.7. The van der Waals surface area contributed by atoms with E-state index in [2.05, 4.69) is 21.3 Å². The SMILES string of the molecule is O=C(O)CC(NC(=O)C(CC(=O)O)NC(=O)C1CCCN1)C(=O)NC(Cc1ccccc1)C(=O)O. The molecule has 4 atom stereocenters. The minimum atomic E-state index is -1.71. The molecule has 1 aliphatic heterocycles. The Balaban J connectivity index is 2.12. The number of carboxylic acid groups (broad SMARTS) is 3. The fourth-order valence-corrected chi connectivity index (χ4v) is 3.54. The number of carboxylic acids is 3. The lowest BCUT2D eigenvalue weighted by Gasteiger charge is -2.24. The second kappa shape index (κ2) is 13.0. The normalized spacial score (nSPS) is 17.4. The van der Waals surface area contributed by atoms with Crippen molar-refractivity contribution in [2.45, 2.75) is 56.3 Å². The van der Waals surface area contributed by atoms with Crippen molar-refractivity contribution in [1.29, 1.82) is 0 Å². The van der Waals surface area contributed by atoms with Crippen LogP contribution in [0.4, 0.5) is 0 Å². The Morgan fingerprint density at radius 3 is 1.86 bits per heavy atom. The van der Waals surface area contributed by atoms with Crippen LogP contribution in [0.1, 0.15) is 31.2 Å². The number of benzene rings is 1. The number of hydrogen-bond donors (Lipinski definition) is 7. The summed E-state index contributed by atoms with van der Waals surface area (Å²) < 4.78 is 0. The summed E-state index contributed by atoms with van der Waals surface area (Å²) >= 11 is 0. The van der Waals surface area contributed by atoms with Crippen molar-refractivity contribution in [3.63, 3.8) is 0 Å². The van der Waals surface area contributed by atoms with Crippen molar-refractivity contribution in [2.24, 2.45) is 0 Å². The maximum Gasteiger partial charge on any atom is 0.326 e. The zero-order valence-electron chi connectivity index (χ0n) is 18.7. The summed E-state index contributed by atoms with van der Waals surface area (Å²) in [5.74, 6) is -7.01. The molecule has 1 aromatic rings. The summed E-state index contributed by atoms with van der Waals surface area (Å²) in [6, 6.07) is 3.08. The molecule has 1 fully saturated rings. The molecule has 0 bridgehead atoms. The van der Waals surface area contributed by atoms with E-state index in [9.17, 15) is 39.0 Å². The molecule has 0 saturated carbocycles. The van der Waals surface area contributed by atoms with E-state index in [0.717, 1.165) is 6.42 Å². The predicted octanol–water partition coefficient (Wildman–Crippen LogP) is -1.53. The van der Waals surface area contributed by atoms with Gasteiger partial charge in [0.2, 0.25) is 17.7 Å². The Morgan fingerprint density at radius 1 is 0.829 bits per heavy atom. The zero-order chi connectivity index (χ0) is 26.0. The molecule has 3 amide bonds. The third kappa shape index (κ3) is 9.04. The lowest BCUT2D eigenvalue weighted by molar-refractivity contribution is -0.145. The smallest absolute Gasteiger partial charge is 0.326 e. The highest BCUT2D eigenvalue weighted by molar-refractivity contribution is 5.96. The van der Waals surface area contributed by atoms with Gasteiger partial charge in [0.25, 0.3) is 0 Å². The van der Waals surface area contributed by atoms with E-state index in [1.165, 1.54) is 0 Å². The molecule has 7 N–H and O–H groups in total. The Hall–Kier alpha value is -4.00. The standard InChI is InChI=1S/C22H28N4O9/c27-17(28)10-14(24-19(31)13-7-4-8-23-13)20(32)25-15(11-18(29)30)21(33)26-16(22(34)35)9-12-5-2-1-3-6-12/h1-3,5-6,13-16,23H,4,7-11H2,(H,24,31)(H,25,32)(H,26,33)(H,27,28)(H,29,30)(H,34,35). The topological polar surface area (TPSA) is 211 Å². The highest BCUT2D eigenvalue weighted by Gasteiger charge is 2.33. The lowest BCUT2D eigenvalue weighted by Crippen LogP contribution is -2.58.